The maximum Gasteiger partial charge on any atom is 0.221 e. The molecular weight excluding hydrogens is 354 g/mol. The summed E-state index contributed by atoms with van der Waals surface area (Å²) in [6.07, 6.45) is 6.04. The lowest BCUT2D eigenvalue weighted by Gasteiger charge is -2.21. The first kappa shape index (κ1) is 20.1. The number of rotatable bonds is 8. The van der Waals surface area contributed by atoms with Crippen molar-refractivity contribution in [1.82, 2.24) is 15.2 Å². The number of carbonyl (C=O) groups is 1. The number of aryl methyl sites for hydroxylation is 1. The quantitative estimate of drug-likeness (QED) is 0.710. The Morgan fingerprint density at radius 1 is 1.32 bits per heavy atom. The van der Waals surface area contributed by atoms with Crippen LogP contribution in [0.2, 0.25) is 0 Å². The fraction of sp³-hybridized carbons (Fsp3) is 0.455. The lowest BCUT2D eigenvalue weighted by Crippen LogP contribution is -2.35. The highest BCUT2D eigenvalue weighted by Gasteiger charge is 2.21. The predicted octanol–water partition coefficient (Wildman–Crippen LogP) is 2.81. The highest BCUT2D eigenvalue weighted by Crippen LogP contribution is 2.29. The Kier molecular flexibility index (Phi) is 7.25. The van der Waals surface area contributed by atoms with Crippen LogP contribution in [0.1, 0.15) is 30.9 Å². The van der Waals surface area contributed by atoms with Crippen LogP contribution in [0.25, 0.3) is 0 Å². The summed E-state index contributed by atoms with van der Waals surface area (Å²) in [5.41, 5.74) is 2.38. The molecule has 1 atom stereocenters. The molecule has 150 valence electrons. The van der Waals surface area contributed by atoms with Crippen LogP contribution in [0.4, 0.5) is 0 Å². The number of carbonyl (C=O) groups excluding carboxylic acids is 1. The number of pyridine rings is 1. The maximum absolute atomic E-state index is 12.2. The summed E-state index contributed by atoms with van der Waals surface area (Å²) < 4.78 is 11.3. The number of aromatic nitrogens is 1. The molecule has 6 nitrogen and oxygen atoms in total. The van der Waals surface area contributed by atoms with Crippen LogP contribution in [0, 0.1) is 0 Å². The van der Waals surface area contributed by atoms with Gasteiger partial charge in [-0.15, -0.1) is 0 Å². The van der Waals surface area contributed by atoms with E-state index in [1.807, 2.05) is 30.3 Å². The predicted molar refractivity (Wildman–Crippen MR) is 109 cm³/mol. The highest BCUT2D eigenvalue weighted by molar-refractivity contribution is 5.76. The van der Waals surface area contributed by atoms with Gasteiger partial charge in [-0.2, -0.15) is 0 Å². The zero-order valence-electron chi connectivity index (χ0n) is 16.7. The molecule has 1 amide bonds. The smallest absolute Gasteiger partial charge is 0.221 e. The van der Waals surface area contributed by atoms with Crippen LogP contribution in [-0.4, -0.2) is 48.6 Å². The van der Waals surface area contributed by atoms with Crippen LogP contribution in [-0.2, 0) is 17.8 Å². The average molecular weight is 383 g/mol. The number of nitrogens with one attached hydrogen (secondary N) is 1. The van der Waals surface area contributed by atoms with Gasteiger partial charge in [0, 0.05) is 56.6 Å². The van der Waals surface area contributed by atoms with Gasteiger partial charge >= 0.3 is 0 Å². The van der Waals surface area contributed by atoms with Crippen molar-refractivity contribution in [2.24, 2.45) is 0 Å². The van der Waals surface area contributed by atoms with Crippen LogP contribution >= 0.6 is 0 Å². The number of amides is 1. The largest absolute Gasteiger partial charge is 0.497 e. The fourth-order valence-electron chi connectivity index (χ4n) is 3.41. The topological polar surface area (TPSA) is 63.7 Å². The number of ether oxygens (including phenoxy) is 2. The molecule has 1 aromatic heterocycles. The third-order valence-electron chi connectivity index (χ3n) is 4.88. The summed E-state index contributed by atoms with van der Waals surface area (Å²) in [6, 6.07) is 9.95. The Labute approximate surface area is 166 Å². The van der Waals surface area contributed by atoms with Gasteiger partial charge in [-0.1, -0.05) is 6.07 Å². The van der Waals surface area contributed by atoms with Crippen LogP contribution in [0.15, 0.2) is 42.7 Å². The van der Waals surface area contributed by atoms with Crippen molar-refractivity contribution in [2.75, 3.05) is 26.7 Å². The number of hydrogen-bond acceptors (Lipinski definition) is 5. The van der Waals surface area contributed by atoms with Crippen LogP contribution < -0.4 is 14.8 Å². The van der Waals surface area contributed by atoms with Crippen molar-refractivity contribution >= 4 is 5.91 Å². The number of fused-ring (bicyclic) bond motifs is 1. The fourth-order valence-corrected chi connectivity index (χ4v) is 3.41. The van der Waals surface area contributed by atoms with Gasteiger partial charge in [0.15, 0.2) is 0 Å². The maximum atomic E-state index is 12.2. The summed E-state index contributed by atoms with van der Waals surface area (Å²) in [5.74, 6) is 1.77. The summed E-state index contributed by atoms with van der Waals surface area (Å²) in [7, 11) is 1.66. The Morgan fingerprint density at radius 3 is 2.93 bits per heavy atom. The average Bonchev–Trinajstić information content (AvgIpc) is 2.87. The Morgan fingerprint density at radius 2 is 2.14 bits per heavy atom. The molecule has 1 N–H and O–H groups in total. The van der Waals surface area contributed by atoms with Crippen molar-refractivity contribution in [2.45, 2.75) is 38.8 Å². The standard InChI is InChI=1S/C22H29N3O3/c1-17-15-25(16-19-5-6-20(27-2)14-21(19)28-17)13-9-22(26)24-10-3-4-18-7-11-23-12-8-18/h5-8,11-12,14,17H,3-4,9-10,13,15-16H2,1-2H3,(H,24,26). The van der Waals surface area contributed by atoms with Crippen molar-refractivity contribution in [1.29, 1.82) is 0 Å². The molecular formula is C22H29N3O3. The van der Waals surface area contributed by atoms with Gasteiger partial charge in [0.25, 0.3) is 0 Å². The van der Waals surface area contributed by atoms with Crippen LogP contribution in [0.3, 0.4) is 0 Å². The lowest BCUT2D eigenvalue weighted by atomic mass is 10.1. The van der Waals surface area contributed by atoms with E-state index in [-0.39, 0.29) is 12.0 Å². The second-order valence-electron chi connectivity index (χ2n) is 7.20. The molecule has 0 radical (unpaired) electrons. The molecule has 28 heavy (non-hydrogen) atoms. The zero-order valence-corrected chi connectivity index (χ0v) is 16.7. The molecule has 6 heteroatoms. The minimum atomic E-state index is 0.0665. The van der Waals surface area contributed by atoms with Crippen molar-refractivity contribution in [3.63, 3.8) is 0 Å². The number of hydrogen-bond donors (Lipinski definition) is 1. The van der Waals surface area contributed by atoms with Gasteiger partial charge in [-0.3, -0.25) is 14.7 Å². The van der Waals surface area contributed by atoms with Crippen molar-refractivity contribution < 1.29 is 14.3 Å². The molecule has 0 aliphatic carbocycles. The molecule has 0 saturated carbocycles. The second-order valence-corrected chi connectivity index (χ2v) is 7.20. The number of nitrogens with zero attached hydrogens (tertiary/aromatic N) is 2. The van der Waals surface area contributed by atoms with Crippen molar-refractivity contribution in [3.05, 3.63) is 53.9 Å². The molecule has 1 aliphatic heterocycles. The van der Waals surface area contributed by atoms with E-state index in [0.717, 1.165) is 49.5 Å². The lowest BCUT2D eigenvalue weighted by molar-refractivity contribution is -0.121. The SMILES string of the molecule is COc1ccc2c(c1)OC(C)CN(CCC(=O)NCCCc1ccncc1)C2. The number of methoxy groups -OCH3 is 1. The molecule has 2 aromatic rings. The van der Waals surface area contributed by atoms with E-state index in [0.29, 0.717) is 13.0 Å². The van der Waals surface area contributed by atoms with E-state index < -0.39 is 0 Å². The second kappa shape index (κ2) is 10.1. The first-order valence-electron chi connectivity index (χ1n) is 9.85. The molecule has 1 unspecified atom stereocenters. The normalized spacial score (nSPS) is 16.6. The third kappa shape index (κ3) is 5.96. The molecule has 1 aliphatic rings. The van der Waals surface area contributed by atoms with Crippen LogP contribution in [0.5, 0.6) is 11.5 Å². The van der Waals surface area contributed by atoms with E-state index in [4.69, 9.17) is 9.47 Å². The van der Waals surface area contributed by atoms with E-state index in [1.54, 1.807) is 19.5 Å². The first-order chi connectivity index (χ1) is 13.6. The van der Waals surface area contributed by atoms with Gasteiger partial charge in [0.1, 0.15) is 17.6 Å². The minimum absolute atomic E-state index is 0.0665. The van der Waals surface area contributed by atoms with Gasteiger partial charge in [-0.25, -0.2) is 0 Å². The van der Waals surface area contributed by atoms with Gasteiger partial charge in [0.2, 0.25) is 5.91 Å². The Bertz CT molecular complexity index is 767. The van der Waals surface area contributed by atoms with E-state index >= 15 is 0 Å². The Balaban J connectivity index is 1.42. The Hall–Kier alpha value is -2.60. The molecule has 3 rings (SSSR count). The highest BCUT2D eigenvalue weighted by atomic mass is 16.5. The molecule has 0 spiro atoms. The third-order valence-corrected chi connectivity index (χ3v) is 4.88. The zero-order chi connectivity index (χ0) is 19.8. The minimum Gasteiger partial charge on any atom is -0.497 e. The van der Waals surface area contributed by atoms with Gasteiger partial charge < -0.3 is 14.8 Å². The molecule has 0 bridgehead atoms. The summed E-state index contributed by atoms with van der Waals surface area (Å²) in [5, 5.41) is 3.02. The van der Waals surface area contributed by atoms with E-state index in [2.05, 4.69) is 22.1 Å². The molecule has 1 aromatic carbocycles. The monoisotopic (exact) mass is 383 g/mol. The summed E-state index contributed by atoms with van der Waals surface area (Å²) in [4.78, 5) is 18.5. The first-order valence-corrected chi connectivity index (χ1v) is 9.85. The van der Waals surface area contributed by atoms with E-state index in [9.17, 15) is 4.79 Å². The number of benzene rings is 1. The van der Waals surface area contributed by atoms with Gasteiger partial charge in [0.05, 0.1) is 7.11 Å². The van der Waals surface area contributed by atoms with Crippen molar-refractivity contribution in [3.8, 4) is 11.5 Å². The molecule has 0 saturated heterocycles. The van der Waals surface area contributed by atoms with Gasteiger partial charge in [-0.05, 0) is 43.5 Å². The molecule has 0 fully saturated rings. The summed E-state index contributed by atoms with van der Waals surface area (Å²) >= 11 is 0. The summed E-state index contributed by atoms with van der Waals surface area (Å²) in [6.45, 7) is 5.05. The molecule has 2 heterocycles. The van der Waals surface area contributed by atoms with E-state index in [1.165, 1.54) is 5.56 Å².